The number of hydrogen-bond acceptors (Lipinski definition) is 6. The van der Waals surface area contributed by atoms with Crippen molar-refractivity contribution in [3.8, 4) is 0 Å². The highest BCUT2D eigenvalue weighted by Gasteiger charge is 2.23. The summed E-state index contributed by atoms with van der Waals surface area (Å²) in [4.78, 5) is 24.2. The number of hydrogen-bond donors (Lipinski definition) is 0. The number of nitrogens with zero attached hydrogens (tertiary/aromatic N) is 4. The van der Waals surface area contributed by atoms with Gasteiger partial charge in [0.1, 0.15) is 0 Å². The van der Waals surface area contributed by atoms with Gasteiger partial charge in [0.2, 0.25) is 5.91 Å². The molecule has 28 heavy (non-hydrogen) atoms. The van der Waals surface area contributed by atoms with Gasteiger partial charge < -0.3 is 14.5 Å². The summed E-state index contributed by atoms with van der Waals surface area (Å²) in [5, 5.41) is 3.25. The molecule has 7 heteroatoms. The molecule has 3 heterocycles. The summed E-state index contributed by atoms with van der Waals surface area (Å²) >= 11 is 1.71. The van der Waals surface area contributed by atoms with Gasteiger partial charge in [-0.15, -0.1) is 11.3 Å². The topological polar surface area (TPSA) is 48.9 Å². The number of carbonyl (C=O) groups is 1. The molecule has 0 N–H and O–H groups in total. The first-order valence-corrected chi connectivity index (χ1v) is 10.9. The Kier molecular flexibility index (Phi) is 6.24. The Morgan fingerprint density at radius 2 is 1.86 bits per heavy atom. The summed E-state index contributed by atoms with van der Waals surface area (Å²) in [6, 6.07) is 8.14. The molecule has 0 saturated carbocycles. The number of thiazole rings is 1. The monoisotopic (exact) mass is 400 g/mol. The molecule has 2 aromatic rings. The Bertz CT molecular complexity index is 795. The molecule has 4 rings (SSSR count). The molecular weight excluding hydrogens is 372 g/mol. The first-order chi connectivity index (χ1) is 13.7. The van der Waals surface area contributed by atoms with Crippen LogP contribution < -0.4 is 4.90 Å². The van der Waals surface area contributed by atoms with E-state index in [-0.39, 0.29) is 5.91 Å². The van der Waals surface area contributed by atoms with Crippen LogP contribution in [0.15, 0.2) is 29.6 Å². The van der Waals surface area contributed by atoms with Gasteiger partial charge in [-0.1, -0.05) is 24.3 Å². The number of amides is 1. The van der Waals surface area contributed by atoms with Crippen molar-refractivity contribution in [1.29, 1.82) is 0 Å². The summed E-state index contributed by atoms with van der Waals surface area (Å²) in [6.07, 6.45) is 0.494. The smallest absolute Gasteiger partial charge is 0.227 e. The van der Waals surface area contributed by atoms with E-state index in [1.54, 1.807) is 11.3 Å². The van der Waals surface area contributed by atoms with Gasteiger partial charge in [-0.25, -0.2) is 4.98 Å². The fraction of sp³-hybridized carbons (Fsp3) is 0.524. The molecule has 2 aliphatic rings. The van der Waals surface area contributed by atoms with E-state index in [4.69, 9.17) is 9.72 Å². The van der Waals surface area contributed by atoms with Crippen molar-refractivity contribution in [1.82, 2.24) is 14.8 Å². The fourth-order valence-electron chi connectivity index (χ4n) is 3.73. The van der Waals surface area contributed by atoms with Crippen molar-refractivity contribution < 1.29 is 9.53 Å². The first kappa shape index (κ1) is 19.4. The van der Waals surface area contributed by atoms with Gasteiger partial charge >= 0.3 is 0 Å². The lowest BCUT2D eigenvalue weighted by Gasteiger charge is -2.34. The normalized spacial score (nSPS) is 18.5. The van der Waals surface area contributed by atoms with Crippen LogP contribution >= 0.6 is 11.3 Å². The second-order valence-electron chi connectivity index (χ2n) is 7.48. The van der Waals surface area contributed by atoms with Crippen molar-refractivity contribution in [2.24, 2.45) is 0 Å². The molecule has 0 atom stereocenters. The van der Waals surface area contributed by atoms with Crippen molar-refractivity contribution in [3.63, 3.8) is 0 Å². The molecule has 1 amide bonds. The van der Waals surface area contributed by atoms with Gasteiger partial charge in [-0.3, -0.25) is 9.69 Å². The Hall–Kier alpha value is -1.96. The van der Waals surface area contributed by atoms with Crippen LogP contribution in [0.5, 0.6) is 0 Å². The minimum absolute atomic E-state index is 0.223. The van der Waals surface area contributed by atoms with Gasteiger partial charge in [0.15, 0.2) is 5.13 Å². The third kappa shape index (κ3) is 4.71. The zero-order valence-electron chi connectivity index (χ0n) is 16.5. The maximum absolute atomic E-state index is 12.7. The molecule has 0 spiro atoms. The molecule has 1 aromatic heterocycles. The molecule has 6 nitrogen and oxygen atoms in total. The van der Waals surface area contributed by atoms with Gasteiger partial charge in [-0.2, -0.15) is 0 Å². The number of piperazine rings is 1. The lowest BCUT2D eigenvalue weighted by atomic mass is 10.1. The van der Waals surface area contributed by atoms with E-state index in [0.717, 1.165) is 75.4 Å². The Labute approximate surface area is 170 Å². The quantitative estimate of drug-likeness (QED) is 0.770. The zero-order chi connectivity index (χ0) is 19.3. The Morgan fingerprint density at radius 3 is 2.61 bits per heavy atom. The lowest BCUT2D eigenvalue weighted by Crippen LogP contribution is -2.49. The van der Waals surface area contributed by atoms with Gasteiger partial charge in [0.05, 0.1) is 25.3 Å². The number of anilines is 1. The number of aryl methyl sites for hydroxylation is 1. The SMILES string of the molecule is Cc1ccccc1CC(=O)N1CCN(c2nc(CN3CCOCC3)cs2)CC1. The maximum atomic E-state index is 12.7. The molecule has 0 bridgehead atoms. The number of benzene rings is 1. The number of rotatable bonds is 5. The minimum Gasteiger partial charge on any atom is -0.379 e. The number of morpholine rings is 1. The predicted molar refractivity (Wildman–Crippen MR) is 112 cm³/mol. The minimum atomic E-state index is 0.223. The molecule has 0 unspecified atom stereocenters. The fourth-order valence-corrected chi connectivity index (χ4v) is 4.60. The lowest BCUT2D eigenvalue weighted by molar-refractivity contribution is -0.130. The van der Waals surface area contributed by atoms with E-state index in [0.29, 0.717) is 6.42 Å². The molecule has 0 radical (unpaired) electrons. The molecule has 2 fully saturated rings. The van der Waals surface area contributed by atoms with E-state index in [1.807, 2.05) is 17.0 Å². The third-order valence-electron chi connectivity index (χ3n) is 5.53. The van der Waals surface area contributed by atoms with Crippen LogP contribution in [0.3, 0.4) is 0 Å². The molecule has 2 saturated heterocycles. The van der Waals surface area contributed by atoms with Crippen molar-refractivity contribution in [2.75, 3.05) is 57.4 Å². The number of ether oxygens (including phenoxy) is 1. The average Bonchev–Trinajstić information content (AvgIpc) is 3.19. The Balaban J connectivity index is 1.28. The number of aromatic nitrogens is 1. The van der Waals surface area contributed by atoms with Crippen LogP contribution in [0, 0.1) is 6.92 Å². The largest absolute Gasteiger partial charge is 0.379 e. The van der Waals surface area contributed by atoms with Crippen molar-refractivity contribution >= 4 is 22.4 Å². The Morgan fingerprint density at radius 1 is 1.11 bits per heavy atom. The van der Waals surface area contributed by atoms with Crippen molar-refractivity contribution in [3.05, 3.63) is 46.5 Å². The van der Waals surface area contributed by atoms with Crippen LogP contribution in [0.1, 0.15) is 16.8 Å². The van der Waals surface area contributed by atoms with Crippen LogP contribution in [0.25, 0.3) is 0 Å². The molecule has 1 aromatic carbocycles. The highest BCUT2D eigenvalue weighted by atomic mass is 32.1. The van der Waals surface area contributed by atoms with E-state index >= 15 is 0 Å². The summed E-state index contributed by atoms with van der Waals surface area (Å²) in [5.41, 5.74) is 3.45. The van der Waals surface area contributed by atoms with Crippen LogP contribution in [0.4, 0.5) is 5.13 Å². The molecular formula is C21H28N4O2S. The highest BCUT2D eigenvalue weighted by Crippen LogP contribution is 2.23. The summed E-state index contributed by atoms with van der Waals surface area (Å²) in [6.45, 7) is 9.79. The van der Waals surface area contributed by atoms with Gasteiger partial charge in [0.25, 0.3) is 0 Å². The molecule has 2 aliphatic heterocycles. The summed E-state index contributed by atoms with van der Waals surface area (Å²) in [7, 11) is 0. The highest BCUT2D eigenvalue weighted by molar-refractivity contribution is 7.13. The van der Waals surface area contributed by atoms with E-state index < -0.39 is 0 Å². The second-order valence-corrected chi connectivity index (χ2v) is 8.32. The molecule has 150 valence electrons. The van der Waals surface area contributed by atoms with Crippen LogP contribution in [-0.4, -0.2) is 73.2 Å². The molecule has 0 aliphatic carbocycles. The standard InChI is InChI=1S/C21H28N4O2S/c1-17-4-2-3-5-18(17)14-20(26)24-6-8-25(9-7-24)21-22-19(16-28-21)15-23-10-12-27-13-11-23/h2-5,16H,6-15H2,1H3. The number of carbonyl (C=O) groups excluding carboxylic acids is 1. The first-order valence-electron chi connectivity index (χ1n) is 10.0. The van der Waals surface area contributed by atoms with Crippen LogP contribution in [-0.2, 0) is 22.5 Å². The van der Waals surface area contributed by atoms with Crippen LogP contribution in [0.2, 0.25) is 0 Å². The zero-order valence-corrected chi connectivity index (χ0v) is 17.3. The third-order valence-corrected chi connectivity index (χ3v) is 6.48. The second kappa shape index (κ2) is 9.03. The average molecular weight is 401 g/mol. The van der Waals surface area contributed by atoms with Gasteiger partial charge in [-0.05, 0) is 18.1 Å². The van der Waals surface area contributed by atoms with E-state index in [2.05, 4.69) is 34.2 Å². The predicted octanol–water partition coefficient (Wildman–Crippen LogP) is 2.18. The van der Waals surface area contributed by atoms with Crippen molar-refractivity contribution in [2.45, 2.75) is 19.9 Å². The van der Waals surface area contributed by atoms with E-state index in [1.165, 1.54) is 5.56 Å². The summed E-state index contributed by atoms with van der Waals surface area (Å²) in [5.74, 6) is 0.223. The summed E-state index contributed by atoms with van der Waals surface area (Å²) < 4.78 is 5.41. The van der Waals surface area contributed by atoms with E-state index in [9.17, 15) is 4.79 Å². The van der Waals surface area contributed by atoms with Gasteiger partial charge in [0, 0.05) is 51.2 Å². The maximum Gasteiger partial charge on any atom is 0.227 e.